The van der Waals surface area contributed by atoms with Crippen molar-refractivity contribution in [2.45, 2.75) is 13.5 Å². The maximum atomic E-state index is 4.41. The predicted molar refractivity (Wildman–Crippen MR) is 74.9 cm³/mol. The van der Waals surface area contributed by atoms with Gasteiger partial charge in [-0.15, -0.1) is 0 Å². The van der Waals surface area contributed by atoms with E-state index in [0.29, 0.717) is 0 Å². The van der Waals surface area contributed by atoms with Crippen LogP contribution < -0.4 is 5.32 Å². The van der Waals surface area contributed by atoms with Crippen LogP contribution in [-0.4, -0.2) is 12.0 Å². The van der Waals surface area contributed by atoms with E-state index in [-0.39, 0.29) is 0 Å². The van der Waals surface area contributed by atoms with Crippen LogP contribution in [0.4, 0.5) is 0 Å². The SMILES string of the molecule is CNCc1ccnc(-c2ccc(C)c(Br)c2)c1. The maximum Gasteiger partial charge on any atom is 0.0705 e. The monoisotopic (exact) mass is 290 g/mol. The normalized spacial score (nSPS) is 10.5. The van der Waals surface area contributed by atoms with Crippen LogP contribution in [0.5, 0.6) is 0 Å². The highest BCUT2D eigenvalue weighted by Crippen LogP contribution is 2.24. The van der Waals surface area contributed by atoms with Crippen molar-refractivity contribution in [1.29, 1.82) is 0 Å². The Labute approximate surface area is 110 Å². The summed E-state index contributed by atoms with van der Waals surface area (Å²) in [5.41, 5.74) is 4.63. The fraction of sp³-hybridized carbons (Fsp3) is 0.214. The highest BCUT2D eigenvalue weighted by molar-refractivity contribution is 9.10. The van der Waals surface area contributed by atoms with Gasteiger partial charge in [-0.2, -0.15) is 0 Å². The summed E-state index contributed by atoms with van der Waals surface area (Å²) in [4.78, 5) is 4.41. The van der Waals surface area contributed by atoms with Gasteiger partial charge in [0.15, 0.2) is 0 Å². The number of nitrogens with one attached hydrogen (secondary N) is 1. The van der Waals surface area contributed by atoms with E-state index in [0.717, 1.165) is 22.3 Å². The van der Waals surface area contributed by atoms with Gasteiger partial charge in [-0.05, 0) is 43.3 Å². The van der Waals surface area contributed by atoms with Gasteiger partial charge in [0.05, 0.1) is 5.69 Å². The minimum Gasteiger partial charge on any atom is -0.316 e. The zero-order valence-electron chi connectivity index (χ0n) is 10.00. The number of hydrogen-bond donors (Lipinski definition) is 1. The Balaban J connectivity index is 2.38. The Kier molecular flexibility index (Phi) is 3.92. The molecule has 1 aromatic carbocycles. The second kappa shape index (κ2) is 5.43. The lowest BCUT2D eigenvalue weighted by Crippen LogP contribution is -2.05. The molecule has 0 bridgehead atoms. The van der Waals surface area contributed by atoms with E-state index in [1.807, 2.05) is 19.3 Å². The number of aromatic nitrogens is 1. The molecular weight excluding hydrogens is 276 g/mol. The first-order chi connectivity index (χ1) is 8.20. The number of halogens is 1. The van der Waals surface area contributed by atoms with Crippen LogP contribution in [0.3, 0.4) is 0 Å². The number of aryl methyl sites for hydroxylation is 1. The van der Waals surface area contributed by atoms with Gasteiger partial charge in [0, 0.05) is 22.8 Å². The highest BCUT2D eigenvalue weighted by Gasteiger charge is 2.02. The zero-order chi connectivity index (χ0) is 12.3. The minimum absolute atomic E-state index is 0.864. The molecule has 1 N–H and O–H groups in total. The molecule has 1 aromatic heterocycles. The molecule has 0 fully saturated rings. The lowest BCUT2D eigenvalue weighted by molar-refractivity contribution is 0.816. The van der Waals surface area contributed by atoms with Gasteiger partial charge in [-0.3, -0.25) is 4.98 Å². The molecule has 0 aliphatic rings. The summed E-state index contributed by atoms with van der Waals surface area (Å²) in [6.07, 6.45) is 1.86. The van der Waals surface area contributed by atoms with E-state index >= 15 is 0 Å². The molecule has 0 unspecified atom stereocenters. The lowest BCUT2D eigenvalue weighted by atomic mass is 10.1. The zero-order valence-corrected chi connectivity index (χ0v) is 11.6. The first-order valence-electron chi connectivity index (χ1n) is 5.57. The van der Waals surface area contributed by atoms with Crippen LogP contribution in [0, 0.1) is 6.92 Å². The topological polar surface area (TPSA) is 24.9 Å². The van der Waals surface area contributed by atoms with Gasteiger partial charge < -0.3 is 5.32 Å². The molecule has 2 rings (SSSR count). The lowest BCUT2D eigenvalue weighted by Gasteiger charge is -2.06. The third-order valence-electron chi connectivity index (χ3n) is 2.67. The van der Waals surface area contributed by atoms with Crippen molar-refractivity contribution in [2.24, 2.45) is 0 Å². The molecule has 0 saturated carbocycles. The van der Waals surface area contributed by atoms with E-state index in [9.17, 15) is 0 Å². The minimum atomic E-state index is 0.864. The number of nitrogens with zero attached hydrogens (tertiary/aromatic N) is 1. The van der Waals surface area contributed by atoms with Gasteiger partial charge >= 0.3 is 0 Å². The quantitative estimate of drug-likeness (QED) is 0.935. The molecule has 88 valence electrons. The van der Waals surface area contributed by atoms with Gasteiger partial charge in [0.25, 0.3) is 0 Å². The van der Waals surface area contributed by atoms with Crippen molar-refractivity contribution in [3.63, 3.8) is 0 Å². The summed E-state index contributed by atoms with van der Waals surface area (Å²) in [6, 6.07) is 10.5. The van der Waals surface area contributed by atoms with Gasteiger partial charge in [0.1, 0.15) is 0 Å². The molecule has 0 saturated heterocycles. The van der Waals surface area contributed by atoms with Crippen LogP contribution in [0.2, 0.25) is 0 Å². The Bertz CT molecular complexity index is 523. The van der Waals surface area contributed by atoms with Crippen LogP contribution in [0.25, 0.3) is 11.3 Å². The standard InChI is InChI=1S/C14H15BrN2/c1-10-3-4-12(8-13(10)15)14-7-11(9-16-2)5-6-17-14/h3-8,16H,9H2,1-2H3. The summed E-state index contributed by atoms with van der Waals surface area (Å²) >= 11 is 3.55. The predicted octanol–water partition coefficient (Wildman–Crippen LogP) is 3.54. The van der Waals surface area contributed by atoms with E-state index in [1.54, 1.807) is 0 Å². The Morgan fingerprint density at radius 3 is 2.76 bits per heavy atom. The van der Waals surface area contributed by atoms with Crippen molar-refractivity contribution in [3.8, 4) is 11.3 Å². The molecule has 2 aromatic rings. The van der Waals surface area contributed by atoms with Crippen LogP contribution in [-0.2, 0) is 6.54 Å². The molecule has 0 radical (unpaired) electrons. The molecule has 0 atom stereocenters. The van der Waals surface area contributed by atoms with Crippen LogP contribution in [0.1, 0.15) is 11.1 Å². The van der Waals surface area contributed by atoms with Crippen molar-refractivity contribution in [3.05, 3.63) is 52.1 Å². The molecule has 2 nitrogen and oxygen atoms in total. The Morgan fingerprint density at radius 2 is 2.06 bits per heavy atom. The van der Waals surface area contributed by atoms with Crippen molar-refractivity contribution < 1.29 is 0 Å². The molecule has 0 amide bonds. The summed E-state index contributed by atoms with van der Waals surface area (Å²) in [5.74, 6) is 0. The summed E-state index contributed by atoms with van der Waals surface area (Å²) < 4.78 is 1.12. The van der Waals surface area contributed by atoms with Gasteiger partial charge in [-0.1, -0.05) is 28.1 Å². The van der Waals surface area contributed by atoms with Crippen LogP contribution >= 0.6 is 15.9 Å². The maximum absolute atomic E-state index is 4.41. The first kappa shape index (κ1) is 12.3. The number of pyridine rings is 1. The van der Waals surface area contributed by atoms with Crippen molar-refractivity contribution >= 4 is 15.9 Å². The Hall–Kier alpha value is -1.19. The average molecular weight is 291 g/mol. The van der Waals surface area contributed by atoms with Crippen molar-refractivity contribution in [2.75, 3.05) is 7.05 Å². The summed E-state index contributed by atoms with van der Waals surface area (Å²) in [6.45, 7) is 2.95. The second-order valence-electron chi connectivity index (χ2n) is 4.04. The first-order valence-corrected chi connectivity index (χ1v) is 6.36. The molecule has 0 aliphatic heterocycles. The Morgan fingerprint density at radius 1 is 1.24 bits per heavy atom. The van der Waals surface area contributed by atoms with E-state index < -0.39 is 0 Å². The third kappa shape index (κ3) is 2.93. The fourth-order valence-corrected chi connectivity index (χ4v) is 2.08. The second-order valence-corrected chi connectivity index (χ2v) is 4.90. The number of benzene rings is 1. The summed E-state index contributed by atoms with van der Waals surface area (Å²) in [5, 5.41) is 3.15. The number of hydrogen-bond acceptors (Lipinski definition) is 2. The fourth-order valence-electron chi connectivity index (χ4n) is 1.70. The van der Waals surface area contributed by atoms with Gasteiger partial charge in [0.2, 0.25) is 0 Å². The third-order valence-corrected chi connectivity index (χ3v) is 3.53. The van der Waals surface area contributed by atoms with Gasteiger partial charge in [-0.25, -0.2) is 0 Å². The molecule has 1 heterocycles. The highest BCUT2D eigenvalue weighted by atomic mass is 79.9. The van der Waals surface area contributed by atoms with E-state index in [4.69, 9.17) is 0 Å². The smallest absolute Gasteiger partial charge is 0.0705 e. The molecule has 0 aliphatic carbocycles. The molecule has 0 spiro atoms. The summed E-state index contributed by atoms with van der Waals surface area (Å²) in [7, 11) is 1.95. The molecule has 3 heteroatoms. The van der Waals surface area contributed by atoms with Crippen molar-refractivity contribution in [1.82, 2.24) is 10.3 Å². The average Bonchev–Trinajstić information content (AvgIpc) is 2.33. The van der Waals surface area contributed by atoms with Crippen LogP contribution in [0.15, 0.2) is 41.0 Å². The molecule has 17 heavy (non-hydrogen) atoms. The molecular formula is C14H15BrN2. The largest absolute Gasteiger partial charge is 0.316 e. The van der Waals surface area contributed by atoms with E-state index in [1.165, 1.54) is 11.1 Å². The number of rotatable bonds is 3. The van der Waals surface area contributed by atoms with E-state index in [2.05, 4.69) is 57.4 Å².